The van der Waals surface area contributed by atoms with Crippen molar-refractivity contribution in [2.45, 2.75) is 71.7 Å². The Morgan fingerprint density at radius 2 is 1.49 bits per heavy atom. The molecule has 0 aliphatic carbocycles. The lowest BCUT2D eigenvalue weighted by atomic mass is 9.97. The normalized spacial score (nSPS) is 14.8. The summed E-state index contributed by atoms with van der Waals surface area (Å²) in [5.41, 5.74) is 1.93. The average Bonchev–Trinajstić information content (AvgIpc) is 3.87. The Labute approximate surface area is 472 Å². The van der Waals surface area contributed by atoms with Gasteiger partial charge in [0.15, 0.2) is 6.35 Å². The first-order chi connectivity index (χ1) is 37.1. The van der Waals surface area contributed by atoms with Gasteiger partial charge >= 0.3 is 19.1 Å². The molecule has 4 N–H and O–H groups in total. The van der Waals surface area contributed by atoms with E-state index in [-0.39, 0.29) is 30.0 Å². The van der Waals surface area contributed by atoms with Gasteiger partial charge in [-0.1, -0.05) is 48.9 Å². The van der Waals surface area contributed by atoms with E-state index in [1.54, 1.807) is 30.0 Å². The van der Waals surface area contributed by atoms with E-state index >= 15 is 4.39 Å². The van der Waals surface area contributed by atoms with Gasteiger partial charge in [-0.25, -0.2) is 12.8 Å². The first-order valence-corrected chi connectivity index (χ1v) is 31.9. The first kappa shape index (κ1) is 60.8. The van der Waals surface area contributed by atoms with Gasteiger partial charge in [-0.2, -0.15) is 13.2 Å². The quantitative estimate of drug-likeness (QED) is 0.0152. The number of anilines is 4. The molecule has 2 aliphatic rings. The van der Waals surface area contributed by atoms with E-state index in [0.717, 1.165) is 86.9 Å². The van der Waals surface area contributed by atoms with Gasteiger partial charge in [0.1, 0.15) is 10.7 Å². The van der Waals surface area contributed by atoms with E-state index in [9.17, 15) is 30.9 Å². The van der Waals surface area contributed by atoms with Gasteiger partial charge < -0.3 is 43.8 Å². The van der Waals surface area contributed by atoms with Crippen molar-refractivity contribution >= 4 is 93.2 Å². The number of ether oxygens (including phenoxy) is 1. The zero-order valence-electron chi connectivity index (χ0n) is 43.8. The predicted molar refractivity (Wildman–Crippen MR) is 311 cm³/mol. The molecule has 6 aromatic rings. The number of sulfone groups is 1. The van der Waals surface area contributed by atoms with E-state index < -0.39 is 40.2 Å². The molecule has 0 unspecified atom stereocenters. The van der Waals surface area contributed by atoms with Crippen LogP contribution in [-0.4, -0.2) is 110 Å². The number of piperazine rings is 1. The number of alkyl halides is 3. The Bertz CT molecular complexity index is 3140. The Hall–Kier alpha value is -4.83. The maximum atomic E-state index is 15.6. The van der Waals surface area contributed by atoms with Crippen LogP contribution >= 0.6 is 54.7 Å². The Morgan fingerprint density at radius 3 is 2.08 bits per heavy atom. The molecule has 78 heavy (non-hydrogen) atoms. The predicted octanol–water partition coefficient (Wildman–Crippen LogP) is 13.6. The molecule has 2 fully saturated rings. The molecule has 13 nitrogen and oxygen atoms in total. The summed E-state index contributed by atoms with van der Waals surface area (Å²) in [6, 6.07) is 34.5. The van der Waals surface area contributed by atoms with Crippen LogP contribution in [0.2, 0.25) is 5.02 Å². The highest BCUT2D eigenvalue weighted by molar-refractivity contribution is 8.00. The third-order valence-electron chi connectivity index (χ3n) is 13.3. The Morgan fingerprint density at radius 1 is 0.846 bits per heavy atom. The molecule has 0 radical (unpaired) electrons. The molecule has 0 atom stereocenters. The number of hydrogen-bond acceptors (Lipinski definition) is 13. The molecule has 0 bridgehead atoms. The average molecular weight is 1190 g/mol. The third-order valence-corrected chi connectivity index (χ3v) is 18.3. The number of thioether (sulfide) groups is 2. The smallest absolute Gasteiger partial charge is 0.452 e. The van der Waals surface area contributed by atoms with Crippen LogP contribution in [0, 0.1) is 18.7 Å². The Kier molecular flexibility index (Phi) is 21.1. The first-order valence-electron chi connectivity index (χ1n) is 25.3. The fraction of sp³-hybridized carbons (Fsp3) is 0.364. The van der Waals surface area contributed by atoms with Crippen molar-refractivity contribution in [3.8, 4) is 22.4 Å². The highest BCUT2D eigenvalue weighted by atomic mass is 35.5. The summed E-state index contributed by atoms with van der Waals surface area (Å²) in [5.74, 6) is -0.481. The number of aromatic nitrogens is 1. The van der Waals surface area contributed by atoms with Crippen LogP contribution < -0.4 is 19.8 Å². The number of nitrogens with zero attached hydrogens (tertiary/aromatic N) is 4. The SMILES string of the molecule is CCN1CCC(C(=O)OCP(=O)(O)O)CC1.CSc1c(-c2cc(F)cc(N3CCN(c4ccc(NSc5ccc(NCCSc6ccccc6)c(S(=O)(=O)C(F)(F)F)c5)cc4)CC3)c2)c(-c2ccc(Cl)cc2)n(C(C)C)c1C. The summed E-state index contributed by atoms with van der Waals surface area (Å²) >= 11 is 10.5. The van der Waals surface area contributed by atoms with Crippen LogP contribution in [-0.2, 0) is 23.9 Å². The van der Waals surface area contributed by atoms with Gasteiger partial charge in [0.2, 0.25) is 0 Å². The van der Waals surface area contributed by atoms with E-state index in [1.807, 2.05) is 78.9 Å². The molecular weight excluding hydrogens is 1130 g/mol. The number of hydrogen-bond donors (Lipinski definition) is 4. The van der Waals surface area contributed by atoms with E-state index in [0.29, 0.717) is 60.4 Å². The summed E-state index contributed by atoms with van der Waals surface area (Å²) in [7, 11) is -9.86. The highest BCUT2D eigenvalue weighted by Gasteiger charge is 2.48. The molecule has 1 aromatic heterocycles. The second-order valence-corrected chi connectivity index (χ2v) is 25.7. The van der Waals surface area contributed by atoms with Crippen LogP contribution in [0.15, 0.2) is 135 Å². The van der Waals surface area contributed by atoms with Gasteiger partial charge in [0, 0.05) is 92.5 Å². The number of benzene rings is 5. The summed E-state index contributed by atoms with van der Waals surface area (Å²) in [4.78, 5) is 36.9. The molecule has 0 amide bonds. The number of halogens is 5. The summed E-state index contributed by atoms with van der Waals surface area (Å²) in [6.45, 7) is 14.1. The Balaban J connectivity index is 0.000000473. The van der Waals surface area contributed by atoms with Crippen molar-refractivity contribution < 1.29 is 49.9 Å². The molecule has 2 aliphatic heterocycles. The van der Waals surface area contributed by atoms with Crippen LogP contribution in [0.25, 0.3) is 22.4 Å². The van der Waals surface area contributed by atoms with Gasteiger partial charge in [0.25, 0.3) is 9.84 Å². The minimum atomic E-state index is -5.62. The lowest BCUT2D eigenvalue weighted by Gasteiger charge is -2.37. The number of likely N-dealkylation sites (tertiary alicyclic amines) is 1. The largest absolute Gasteiger partial charge is 0.501 e. The van der Waals surface area contributed by atoms with E-state index in [2.05, 4.69) is 74.1 Å². The van der Waals surface area contributed by atoms with Crippen LogP contribution in [0.3, 0.4) is 0 Å². The maximum absolute atomic E-state index is 15.6. The van der Waals surface area contributed by atoms with Crippen molar-refractivity contribution in [1.82, 2.24) is 9.47 Å². The van der Waals surface area contributed by atoms with Crippen LogP contribution in [0.5, 0.6) is 0 Å². The topological polar surface area (TPSA) is 157 Å². The molecule has 5 aromatic carbocycles. The second kappa shape index (κ2) is 27.1. The molecule has 8 rings (SSSR count). The standard InChI is InChI=1S/C46H46ClF4N5O2S4.C9H18NO5P/c1-30(2)56-31(3)45(59-4)43(44(56)32-10-12-34(47)13-11-32)33-26-35(48)28-38(27-33)55-23-21-54(22-24-55)37-16-14-36(15-17-37)53-61-40-18-19-41(42(29-40)62(57,58)46(49,50)51)52-20-25-60-39-8-6-5-7-9-39;1-2-10-5-3-8(4-6-10)9(11)15-7-16(12,13)14/h5-19,26-30,52-53H,20-25H2,1-4H3;8H,2-7H2,1H3,(H2,12,13,14). The third kappa shape index (κ3) is 15.7. The summed E-state index contributed by atoms with van der Waals surface area (Å²) < 4.78 is 103. The molecule has 0 saturated carbocycles. The monoisotopic (exact) mass is 1190 g/mol. The van der Waals surface area contributed by atoms with Crippen molar-refractivity contribution in [2.24, 2.45) is 5.92 Å². The van der Waals surface area contributed by atoms with Crippen LogP contribution in [0.1, 0.15) is 45.3 Å². The zero-order chi connectivity index (χ0) is 56.4. The van der Waals surface area contributed by atoms with Crippen molar-refractivity contribution in [2.75, 3.05) is 90.6 Å². The summed E-state index contributed by atoms with van der Waals surface area (Å²) in [5, 5.41) is 3.54. The van der Waals surface area contributed by atoms with Crippen molar-refractivity contribution in [3.05, 3.63) is 132 Å². The fourth-order valence-electron chi connectivity index (χ4n) is 9.40. The number of carbonyl (C=O) groups excluding carboxylic acids is 1. The molecule has 3 heterocycles. The molecule has 0 spiro atoms. The van der Waals surface area contributed by atoms with Gasteiger partial charge in [-0.05, 0) is 168 Å². The molecule has 420 valence electrons. The minimum Gasteiger partial charge on any atom is -0.452 e. The van der Waals surface area contributed by atoms with E-state index in [1.165, 1.54) is 17.8 Å². The molecule has 2 saturated heterocycles. The number of nitrogens with one attached hydrogen (secondary N) is 2. The lowest BCUT2D eigenvalue weighted by molar-refractivity contribution is -0.148. The summed E-state index contributed by atoms with van der Waals surface area (Å²) in [6.07, 6.45) is 2.65. The number of rotatable bonds is 19. The fourth-order valence-corrected chi connectivity index (χ4v) is 13.1. The number of piperidine rings is 1. The van der Waals surface area contributed by atoms with Crippen molar-refractivity contribution in [1.29, 1.82) is 0 Å². The molecule has 23 heteroatoms. The van der Waals surface area contributed by atoms with E-state index in [4.69, 9.17) is 21.4 Å². The van der Waals surface area contributed by atoms with Gasteiger partial charge in [-0.15, -0.1) is 23.5 Å². The maximum Gasteiger partial charge on any atom is 0.501 e. The second-order valence-electron chi connectivity index (χ2n) is 18.9. The van der Waals surface area contributed by atoms with Crippen LogP contribution in [0.4, 0.5) is 40.3 Å². The number of carbonyl (C=O) groups is 1. The molecular formula is C55H64ClF4N6O7PS4. The minimum absolute atomic E-state index is 0.105. The van der Waals surface area contributed by atoms with Gasteiger partial charge in [-0.3, -0.25) is 9.36 Å². The lowest BCUT2D eigenvalue weighted by Crippen LogP contribution is -2.46. The highest BCUT2D eigenvalue weighted by Crippen LogP contribution is 2.46. The zero-order valence-corrected chi connectivity index (χ0v) is 48.7. The van der Waals surface area contributed by atoms with Gasteiger partial charge in [0.05, 0.1) is 17.3 Å². The number of esters is 1. The van der Waals surface area contributed by atoms with Crippen molar-refractivity contribution in [3.63, 3.8) is 0 Å².